The number of hydrogen-bond donors (Lipinski definition) is 0. The second kappa shape index (κ2) is 7.89. The molecule has 6 nitrogen and oxygen atoms in total. The summed E-state index contributed by atoms with van der Waals surface area (Å²) < 4.78 is 10.9. The van der Waals surface area contributed by atoms with Crippen molar-refractivity contribution >= 4 is 17.6 Å². The molecule has 6 heteroatoms. The van der Waals surface area contributed by atoms with E-state index in [1.807, 2.05) is 17.9 Å². The quantitative estimate of drug-likeness (QED) is 0.758. The number of anilines is 1. The molecule has 0 spiro atoms. The van der Waals surface area contributed by atoms with E-state index in [0.717, 1.165) is 13.0 Å². The lowest BCUT2D eigenvalue weighted by Gasteiger charge is -2.47. The van der Waals surface area contributed by atoms with Crippen molar-refractivity contribution in [2.45, 2.75) is 32.2 Å². The summed E-state index contributed by atoms with van der Waals surface area (Å²) in [7, 11) is 0. The molecule has 0 aliphatic carbocycles. The number of carbonyl (C=O) groups excluding carboxylic acids is 2. The third-order valence-corrected chi connectivity index (χ3v) is 6.11. The number of nitrogens with zero attached hydrogens (tertiary/aromatic N) is 2. The van der Waals surface area contributed by atoms with Crippen molar-refractivity contribution in [1.82, 2.24) is 4.90 Å². The number of amides is 1. The molecule has 2 saturated heterocycles. The second-order valence-electron chi connectivity index (χ2n) is 7.63. The van der Waals surface area contributed by atoms with Gasteiger partial charge >= 0.3 is 5.97 Å². The zero-order valence-corrected chi connectivity index (χ0v) is 15.9. The first kappa shape index (κ1) is 18.3. The van der Waals surface area contributed by atoms with Crippen molar-refractivity contribution in [2.75, 3.05) is 44.4 Å². The maximum absolute atomic E-state index is 13.3. The van der Waals surface area contributed by atoms with E-state index >= 15 is 0 Å². The molecule has 0 aromatic heterocycles. The van der Waals surface area contributed by atoms with E-state index in [1.165, 1.54) is 11.3 Å². The Labute approximate surface area is 160 Å². The Balaban J connectivity index is 1.47. The summed E-state index contributed by atoms with van der Waals surface area (Å²) in [5.41, 5.74) is 2.49. The molecule has 3 aliphatic rings. The van der Waals surface area contributed by atoms with Crippen molar-refractivity contribution in [3.05, 3.63) is 29.8 Å². The van der Waals surface area contributed by atoms with Crippen LogP contribution in [0.25, 0.3) is 0 Å². The molecule has 4 rings (SSSR count). The largest absolute Gasteiger partial charge is 0.466 e. The predicted molar refractivity (Wildman–Crippen MR) is 102 cm³/mol. The van der Waals surface area contributed by atoms with Crippen LogP contribution in [0.5, 0.6) is 0 Å². The van der Waals surface area contributed by atoms with Gasteiger partial charge in [0.05, 0.1) is 37.7 Å². The number of piperidine rings is 1. The molecule has 3 heterocycles. The lowest BCUT2D eigenvalue weighted by atomic mass is 9.83. The fourth-order valence-corrected chi connectivity index (χ4v) is 4.67. The number of ether oxygens (including phenoxy) is 2. The molecule has 3 aliphatic heterocycles. The molecule has 27 heavy (non-hydrogen) atoms. The Kier molecular flexibility index (Phi) is 5.34. The molecule has 1 aromatic carbocycles. The summed E-state index contributed by atoms with van der Waals surface area (Å²) in [5.74, 6) is -0.0784. The molecular weight excluding hydrogens is 344 g/mol. The molecule has 2 fully saturated rings. The van der Waals surface area contributed by atoms with E-state index in [2.05, 4.69) is 23.1 Å². The highest BCUT2D eigenvalue weighted by molar-refractivity contribution is 5.82. The number of likely N-dealkylation sites (tertiary alicyclic amines) is 1. The fourth-order valence-electron chi connectivity index (χ4n) is 4.67. The van der Waals surface area contributed by atoms with Gasteiger partial charge < -0.3 is 19.3 Å². The fraction of sp³-hybridized carbons (Fsp3) is 0.619. The number of benzene rings is 1. The van der Waals surface area contributed by atoms with Crippen molar-refractivity contribution in [3.8, 4) is 0 Å². The van der Waals surface area contributed by atoms with Crippen LogP contribution in [-0.2, 0) is 25.5 Å². The van der Waals surface area contributed by atoms with Crippen molar-refractivity contribution in [3.63, 3.8) is 0 Å². The Morgan fingerprint density at radius 1 is 1.19 bits per heavy atom. The number of esters is 1. The van der Waals surface area contributed by atoms with Crippen LogP contribution >= 0.6 is 0 Å². The van der Waals surface area contributed by atoms with Gasteiger partial charge in [-0.05, 0) is 37.8 Å². The molecular formula is C21H28N2O4. The van der Waals surface area contributed by atoms with Crippen LogP contribution in [0.2, 0.25) is 0 Å². The smallest absolute Gasteiger partial charge is 0.309 e. The summed E-state index contributed by atoms with van der Waals surface area (Å²) >= 11 is 0. The molecule has 2 unspecified atom stereocenters. The first-order chi connectivity index (χ1) is 13.2. The van der Waals surface area contributed by atoms with Crippen molar-refractivity contribution in [2.24, 2.45) is 11.8 Å². The van der Waals surface area contributed by atoms with Crippen molar-refractivity contribution < 1.29 is 19.1 Å². The molecule has 0 radical (unpaired) electrons. The molecule has 2 atom stereocenters. The average molecular weight is 372 g/mol. The predicted octanol–water partition coefficient (Wildman–Crippen LogP) is 1.87. The monoisotopic (exact) mass is 372 g/mol. The van der Waals surface area contributed by atoms with Gasteiger partial charge in [0.2, 0.25) is 5.91 Å². The van der Waals surface area contributed by atoms with Gasteiger partial charge in [0.1, 0.15) is 0 Å². The van der Waals surface area contributed by atoms with Crippen LogP contribution in [-0.4, -0.2) is 62.3 Å². The SMILES string of the molecule is CCOC(=O)C1CCN(C(=O)C2Cc3ccccc3N3CCOCC23)CC1. The number of hydrogen-bond acceptors (Lipinski definition) is 5. The second-order valence-corrected chi connectivity index (χ2v) is 7.63. The first-order valence-electron chi connectivity index (χ1n) is 10.1. The van der Waals surface area contributed by atoms with E-state index in [9.17, 15) is 9.59 Å². The summed E-state index contributed by atoms with van der Waals surface area (Å²) in [6.45, 7) is 5.64. The Hall–Kier alpha value is -2.08. The Morgan fingerprint density at radius 3 is 2.74 bits per heavy atom. The minimum absolute atomic E-state index is 0.0735. The number of morpholine rings is 1. The highest BCUT2D eigenvalue weighted by atomic mass is 16.5. The van der Waals surface area contributed by atoms with Gasteiger partial charge in [-0.1, -0.05) is 18.2 Å². The maximum atomic E-state index is 13.3. The van der Waals surface area contributed by atoms with Crippen LogP contribution in [0, 0.1) is 11.8 Å². The van der Waals surface area contributed by atoms with Crippen LogP contribution in [0.15, 0.2) is 24.3 Å². The number of rotatable bonds is 3. The minimum Gasteiger partial charge on any atom is -0.466 e. The highest BCUT2D eigenvalue weighted by Gasteiger charge is 2.42. The molecule has 146 valence electrons. The van der Waals surface area contributed by atoms with Crippen molar-refractivity contribution in [1.29, 1.82) is 0 Å². The molecule has 1 amide bonds. The lowest BCUT2D eigenvalue weighted by Crippen LogP contribution is -2.57. The topological polar surface area (TPSA) is 59.1 Å². The summed E-state index contributed by atoms with van der Waals surface area (Å²) in [5, 5.41) is 0. The zero-order valence-electron chi connectivity index (χ0n) is 15.9. The van der Waals surface area contributed by atoms with Gasteiger partial charge in [-0.3, -0.25) is 9.59 Å². The summed E-state index contributed by atoms with van der Waals surface area (Å²) in [6.07, 6.45) is 2.15. The van der Waals surface area contributed by atoms with Crippen LogP contribution in [0.3, 0.4) is 0 Å². The molecule has 0 N–H and O–H groups in total. The first-order valence-corrected chi connectivity index (χ1v) is 10.1. The minimum atomic E-state index is -0.122. The van der Waals surface area contributed by atoms with Gasteiger partial charge in [-0.25, -0.2) is 0 Å². The third-order valence-electron chi connectivity index (χ3n) is 6.11. The van der Waals surface area contributed by atoms with Gasteiger partial charge in [0, 0.05) is 25.3 Å². The van der Waals surface area contributed by atoms with Gasteiger partial charge in [0.25, 0.3) is 0 Å². The third kappa shape index (κ3) is 3.55. The standard InChI is InChI=1S/C21H28N2O4/c1-2-27-21(25)15-7-9-22(10-8-15)20(24)17-13-16-5-3-4-6-18(16)23-11-12-26-14-19(17)23/h3-6,15,17,19H,2,7-14H2,1H3. The van der Waals surface area contributed by atoms with Crippen LogP contribution in [0.4, 0.5) is 5.69 Å². The summed E-state index contributed by atoms with van der Waals surface area (Å²) in [6, 6.07) is 8.50. The van der Waals surface area contributed by atoms with Crippen LogP contribution < -0.4 is 4.90 Å². The number of para-hydroxylation sites is 1. The van der Waals surface area contributed by atoms with E-state index < -0.39 is 0 Å². The highest BCUT2D eigenvalue weighted by Crippen LogP contribution is 2.36. The lowest BCUT2D eigenvalue weighted by molar-refractivity contribution is -0.152. The molecule has 0 bridgehead atoms. The Bertz CT molecular complexity index is 699. The number of fused-ring (bicyclic) bond motifs is 3. The maximum Gasteiger partial charge on any atom is 0.309 e. The number of carbonyl (C=O) groups is 2. The van der Waals surface area contributed by atoms with E-state index in [1.54, 1.807) is 0 Å². The molecule has 0 saturated carbocycles. The average Bonchev–Trinajstić information content (AvgIpc) is 2.73. The normalized spacial score (nSPS) is 25.5. The molecule has 1 aromatic rings. The van der Waals surface area contributed by atoms with Gasteiger partial charge in [-0.15, -0.1) is 0 Å². The Morgan fingerprint density at radius 2 is 1.96 bits per heavy atom. The van der Waals surface area contributed by atoms with Crippen LogP contribution in [0.1, 0.15) is 25.3 Å². The van der Waals surface area contributed by atoms with Gasteiger partial charge in [0.15, 0.2) is 0 Å². The van der Waals surface area contributed by atoms with Gasteiger partial charge in [-0.2, -0.15) is 0 Å². The summed E-state index contributed by atoms with van der Waals surface area (Å²) in [4.78, 5) is 29.6. The zero-order chi connectivity index (χ0) is 18.8. The van der Waals surface area contributed by atoms with E-state index in [0.29, 0.717) is 45.8 Å². The van der Waals surface area contributed by atoms with E-state index in [-0.39, 0.29) is 29.8 Å². The van der Waals surface area contributed by atoms with E-state index in [4.69, 9.17) is 9.47 Å².